The third-order valence-corrected chi connectivity index (χ3v) is 4.39. The molecule has 6 heteroatoms. The summed E-state index contributed by atoms with van der Waals surface area (Å²) >= 11 is 0. The van der Waals surface area contributed by atoms with E-state index in [1.807, 2.05) is 6.92 Å². The number of carbonyl (C=O) groups is 1. The molecule has 0 amide bonds. The highest BCUT2D eigenvalue weighted by Gasteiger charge is 2.23. The Morgan fingerprint density at radius 3 is 2.44 bits per heavy atom. The van der Waals surface area contributed by atoms with E-state index in [4.69, 9.17) is 9.84 Å². The van der Waals surface area contributed by atoms with Crippen molar-refractivity contribution >= 4 is 15.8 Å². The molecule has 0 radical (unpaired) electrons. The van der Waals surface area contributed by atoms with Crippen molar-refractivity contribution in [1.82, 2.24) is 0 Å². The molecule has 0 saturated carbocycles. The van der Waals surface area contributed by atoms with Gasteiger partial charge in [0.05, 0.1) is 19.3 Å². The average Bonchev–Trinajstić information content (AvgIpc) is 2.24. The van der Waals surface area contributed by atoms with E-state index in [9.17, 15) is 13.2 Å². The minimum Gasteiger partial charge on any atom is -0.495 e. The zero-order valence-electron chi connectivity index (χ0n) is 10.6. The Hall–Kier alpha value is -1.56. The van der Waals surface area contributed by atoms with Crippen LogP contribution in [0.1, 0.15) is 17.5 Å². The minimum atomic E-state index is -3.65. The lowest BCUT2D eigenvalue weighted by atomic mass is 10.1. The number of carboxylic acids is 1. The Labute approximate surface area is 106 Å². The lowest BCUT2D eigenvalue weighted by molar-refractivity contribution is -0.136. The first kappa shape index (κ1) is 14.5. The highest BCUT2D eigenvalue weighted by molar-refractivity contribution is 7.91. The van der Waals surface area contributed by atoms with Crippen molar-refractivity contribution in [2.45, 2.75) is 25.2 Å². The molecule has 0 atom stereocenters. The second kappa shape index (κ2) is 5.39. The molecule has 0 saturated heterocycles. The number of aliphatic carboxylic acids is 1. The van der Waals surface area contributed by atoms with Crippen molar-refractivity contribution in [2.24, 2.45) is 0 Å². The first-order chi connectivity index (χ1) is 8.27. The summed E-state index contributed by atoms with van der Waals surface area (Å²) in [7, 11) is -2.26. The molecule has 0 fully saturated rings. The van der Waals surface area contributed by atoms with Crippen LogP contribution in [0.4, 0.5) is 0 Å². The van der Waals surface area contributed by atoms with Gasteiger partial charge in [-0.2, -0.15) is 0 Å². The van der Waals surface area contributed by atoms with Crippen LogP contribution in [0.25, 0.3) is 0 Å². The zero-order valence-corrected chi connectivity index (χ0v) is 11.4. The maximum absolute atomic E-state index is 12.1. The average molecular weight is 272 g/mol. The summed E-state index contributed by atoms with van der Waals surface area (Å²) in [5.74, 6) is -1.30. The summed E-state index contributed by atoms with van der Waals surface area (Å²) in [5.41, 5.74) is 1.46. The maximum Gasteiger partial charge on any atom is 0.304 e. The number of methoxy groups -OCH3 is 1. The van der Waals surface area contributed by atoms with E-state index < -0.39 is 28.0 Å². The number of hydrogen-bond acceptors (Lipinski definition) is 4. The van der Waals surface area contributed by atoms with Crippen LogP contribution in [0.5, 0.6) is 5.75 Å². The van der Waals surface area contributed by atoms with Crippen molar-refractivity contribution < 1.29 is 23.1 Å². The predicted octanol–water partition coefficient (Wildman–Crippen LogP) is 1.56. The molecule has 1 rings (SSSR count). The third-order valence-electron chi connectivity index (χ3n) is 2.50. The van der Waals surface area contributed by atoms with Crippen LogP contribution in [0.15, 0.2) is 17.0 Å². The standard InChI is InChI=1S/C12H16O5S/c1-8-6-9(2)12(10(7-8)17-3)18(15,16)5-4-11(13)14/h6-7H,4-5H2,1-3H3,(H,13,14). The molecule has 100 valence electrons. The SMILES string of the molecule is COc1cc(C)cc(C)c1S(=O)(=O)CCC(=O)O. The number of aryl methyl sites for hydroxylation is 2. The molecular formula is C12H16O5S. The van der Waals surface area contributed by atoms with Gasteiger partial charge in [-0.3, -0.25) is 4.79 Å². The predicted molar refractivity (Wildman–Crippen MR) is 66.8 cm³/mol. The highest BCUT2D eigenvalue weighted by Crippen LogP contribution is 2.29. The van der Waals surface area contributed by atoms with Gasteiger partial charge >= 0.3 is 5.97 Å². The van der Waals surface area contributed by atoms with Gasteiger partial charge in [-0.05, 0) is 31.0 Å². The molecular weight excluding hydrogens is 256 g/mol. The van der Waals surface area contributed by atoms with Crippen LogP contribution in [-0.4, -0.2) is 32.4 Å². The van der Waals surface area contributed by atoms with Gasteiger partial charge in [0, 0.05) is 0 Å². The number of carboxylic acid groups (broad SMARTS) is 1. The van der Waals surface area contributed by atoms with Crippen molar-refractivity contribution in [3.05, 3.63) is 23.3 Å². The lowest BCUT2D eigenvalue weighted by Crippen LogP contribution is -2.13. The van der Waals surface area contributed by atoms with Crippen LogP contribution in [0.3, 0.4) is 0 Å². The summed E-state index contributed by atoms with van der Waals surface area (Å²) in [4.78, 5) is 10.6. The Bertz CT molecular complexity index is 560. The molecule has 0 spiro atoms. The molecule has 0 aromatic heterocycles. The van der Waals surface area contributed by atoms with Gasteiger partial charge < -0.3 is 9.84 Å². The maximum atomic E-state index is 12.1. The van der Waals surface area contributed by atoms with E-state index in [1.54, 1.807) is 19.1 Å². The molecule has 0 unspecified atom stereocenters. The molecule has 5 nitrogen and oxygen atoms in total. The topological polar surface area (TPSA) is 80.7 Å². The van der Waals surface area contributed by atoms with Crippen molar-refractivity contribution in [3.63, 3.8) is 0 Å². The van der Waals surface area contributed by atoms with Gasteiger partial charge in [-0.1, -0.05) is 6.07 Å². The molecule has 1 N–H and O–H groups in total. The fourth-order valence-corrected chi connectivity index (χ4v) is 3.44. The van der Waals surface area contributed by atoms with E-state index in [2.05, 4.69) is 0 Å². The van der Waals surface area contributed by atoms with E-state index in [0.29, 0.717) is 5.56 Å². The van der Waals surface area contributed by atoms with E-state index in [-0.39, 0.29) is 10.6 Å². The van der Waals surface area contributed by atoms with Gasteiger partial charge in [-0.25, -0.2) is 8.42 Å². The zero-order chi connectivity index (χ0) is 13.9. The molecule has 0 heterocycles. The molecule has 18 heavy (non-hydrogen) atoms. The van der Waals surface area contributed by atoms with Gasteiger partial charge in [0.25, 0.3) is 0 Å². The smallest absolute Gasteiger partial charge is 0.304 e. The Morgan fingerprint density at radius 2 is 1.94 bits per heavy atom. The van der Waals surface area contributed by atoms with Gasteiger partial charge in [0.15, 0.2) is 9.84 Å². The van der Waals surface area contributed by atoms with E-state index in [1.165, 1.54) is 7.11 Å². The Kier molecular flexibility index (Phi) is 4.34. The van der Waals surface area contributed by atoms with Crippen molar-refractivity contribution in [3.8, 4) is 5.75 Å². The number of benzene rings is 1. The lowest BCUT2D eigenvalue weighted by Gasteiger charge is -2.13. The first-order valence-corrected chi connectivity index (χ1v) is 7.03. The number of sulfone groups is 1. The summed E-state index contributed by atoms with van der Waals surface area (Å²) in [6, 6.07) is 3.36. The second-order valence-corrected chi connectivity index (χ2v) is 6.12. The first-order valence-electron chi connectivity index (χ1n) is 5.37. The van der Waals surface area contributed by atoms with Crippen LogP contribution < -0.4 is 4.74 Å². The van der Waals surface area contributed by atoms with Crippen molar-refractivity contribution in [2.75, 3.05) is 12.9 Å². The second-order valence-electron chi connectivity index (χ2n) is 4.08. The summed E-state index contributed by atoms with van der Waals surface area (Å²) < 4.78 is 29.3. The van der Waals surface area contributed by atoms with Crippen LogP contribution in [-0.2, 0) is 14.6 Å². The fourth-order valence-electron chi connectivity index (χ4n) is 1.79. The van der Waals surface area contributed by atoms with Gasteiger partial charge in [-0.15, -0.1) is 0 Å². The van der Waals surface area contributed by atoms with Gasteiger partial charge in [0.2, 0.25) is 0 Å². The summed E-state index contributed by atoms with van der Waals surface area (Å²) in [6.45, 7) is 3.51. The largest absolute Gasteiger partial charge is 0.495 e. The van der Waals surface area contributed by atoms with Crippen LogP contribution in [0, 0.1) is 13.8 Å². The minimum absolute atomic E-state index is 0.0804. The molecule has 0 bridgehead atoms. The van der Waals surface area contributed by atoms with E-state index >= 15 is 0 Å². The molecule has 1 aromatic carbocycles. The molecule has 0 aliphatic carbocycles. The fraction of sp³-hybridized carbons (Fsp3) is 0.417. The highest BCUT2D eigenvalue weighted by atomic mass is 32.2. The normalized spacial score (nSPS) is 11.3. The summed E-state index contributed by atoms with van der Waals surface area (Å²) in [6.07, 6.45) is -0.418. The summed E-state index contributed by atoms with van der Waals surface area (Å²) in [5, 5.41) is 8.57. The van der Waals surface area contributed by atoms with Crippen LogP contribution in [0.2, 0.25) is 0 Å². The Balaban J connectivity index is 3.27. The molecule has 1 aromatic rings. The number of ether oxygens (including phenoxy) is 1. The quantitative estimate of drug-likeness (QED) is 0.879. The third kappa shape index (κ3) is 3.22. The van der Waals surface area contributed by atoms with Crippen LogP contribution >= 0.6 is 0 Å². The Morgan fingerprint density at radius 1 is 1.33 bits per heavy atom. The monoisotopic (exact) mass is 272 g/mol. The van der Waals surface area contributed by atoms with Crippen molar-refractivity contribution in [1.29, 1.82) is 0 Å². The number of rotatable bonds is 5. The van der Waals surface area contributed by atoms with Gasteiger partial charge in [0.1, 0.15) is 10.6 Å². The molecule has 0 aliphatic heterocycles. The molecule has 0 aliphatic rings. The van der Waals surface area contributed by atoms with E-state index in [0.717, 1.165) is 5.56 Å². The number of hydrogen-bond donors (Lipinski definition) is 1.